The summed E-state index contributed by atoms with van der Waals surface area (Å²) in [7, 11) is 0. The maximum Gasteiger partial charge on any atom is 0.0577 e. The molecule has 0 atom stereocenters. The van der Waals surface area contributed by atoms with Crippen LogP contribution >= 0.6 is 49.6 Å². The highest BCUT2D eigenvalue weighted by Gasteiger charge is 1.86. The minimum atomic E-state index is 0. The van der Waals surface area contributed by atoms with E-state index in [-0.39, 0.29) is 49.6 Å². The molecule has 0 saturated carbocycles. The van der Waals surface area contributed by atoms with Gasteiger partial charge in [-0.05, 0) is 52.1 Å². The van der Waals surface area contributed by atoms with E-state index in [2.05, 4.69) is 47.0 Å². The number of rotatable bonds is 12. The second-order valence-corrected chi connectivity index (χ2v) is 4.12. The molecule has 22 heavy (non-hydrogen) atoms. The van der Waals surface area contributed by atoms with Crippen molar-refractivity contribution in [2.45, 2.75) is 26.7 Å². The summed E-state index contributed by atoms with van der Waals surface area (Å²) in [6, 6.07) is 0. The van der Waals surface area contributed by atoms with E-state index in [1.807, 2.05) is 0 Å². The number of hydrogen-bond acceptors (Lipinski definition) is 4. The van der Waals surface area contributed by atoms with E-state index in [1.54, 1.807) is 0 Å². The third-order valence-electron chi connectivity index (χ3n) is 2.47. The molecule has 4 nitrogen and oxygen atoms in total. The molecular weight excluding hydrogens is 366 g/mol. The van der Waals surface area contributed by atoms with Gasteiger partial charge in [0.1, 0.15) is 0 Å². The first-order valence-corrected chi connectivity index (χ1v) is 7.20. The predicted molar refractivity (Wildman–Crippen MR) is 109 cm³/mol. The predicted octanol–water partition coefficient (Wildman–Crippen LogP) is 1.86. The van der Waals surface area contributed by atoms with Crippen molar-refractivity contribution in [3.63, 3.8) is 0 Å². The summed E-state index contributed by atoms with van der Waals surface area (Å²) in [5.74, 6) is 6.24. The Bertz CT molecular complexity index is 203. The molecule has 0 bridgehead atoms. The van der Waals surface area contributed by atoms with Gasteiger partial charge in [-0.3, -0.25) is 0 Å². The maximum atomic E-state index is 3.31. The molecule has 0 rings (SSSR count). The highest BCUT2D eigenvalue weighted by molar-refractivity contribution is 5.86. The smallest absolute Gasteiger partial charge is 0.0577 e. The van der Waals surface area contributed by atoms with Crippen molar-refractivity contribution in [3.05, 3.63) is 0 Å². The molecule has 0 aromatic carbocycles. The molecule has 0 fully saturated rings. The lowest BCUT2D eigenvalue weighted by atomic mass is 10.4. The third-order valence-corrected chi connectivity index (χ3v) is 2.47. The highest BCUT2D eigenvalue weighted by atomic mass is 35.5. The van der Waals surface area contributed by atoms with Gasteiger partial charge in [0, 0.05) is 0 Å². The molecule has 0 radical (unpaired) electrons. The molecule has 0 heterocycles. The Hall–Kier alpha value is 0.560. The first kappa shape index (κ1) is 34.0. The summed E-state index contributed by atoms with van der Waals surface area (Å²) in [6.45, 7) is 12.2. The quantitative estimate of drug-likeness (QED) is 0.299. The van der Waals surface area contributed by atoms with E-state index in [1.165, 1.54) is 0 Å². The van der Waals surface area contributed by atoms with Gasteiger partial charge in [0.05, 0.1) is 13.1 Å². The van der Waals surface area contributed by atoms with Gasteiger partial charge in [-0.25, -0.2) is 0 Å². The molecule has 0 aliphatic rings. The molecule has 4 N–H and O–H groups in total. The molecule has 138 valence electrons. The van der Waals surface area contributed by atoms with Crippen LogP contribution in [0.2, 0.25) is 0 Å². The Morgan fingerprint density at radius 3 is 1.18 bits per heavy atom. The van der Waals surface area contributed by atoms with Crippen LogP contribution in [0, 0.1) is 11.8 Å². The van der Waals surface area contributed by atoms with Gasteiger partial charge < -0.3 is 21.3 Å². The van der Waals surface area contributed by atoms with Gasteiger partial charge in [-0.1, -0.05) is 25.7 Å². The van der Waals surface area contributed by atoms with Gasteiger partial charge in [-0.15, -0.1) is 49.6 Å². The molecular formula is C14H34Cl4N4. The zero-order chi connectivity index (χ0) is 13.3. The van der Waals surface area contributed by atoms with Crippen LogP contribution < -0.4 is 21.3 Å². The average molecular weight is 400 g/mol. The summed E-state index contributed by atoms with van der Waals surface area (Å²) in [4.78, 5) is 0. The lowest BCUT2D eigenvalue weighted by Crippen LogP contribution is -2.23. The molecule has 0 aromatic heterocycles. The molecule has 8 heteroatoms. The monoisotopic (exact) mass is 398 g/mol. The summed E-state index contributed by atoms with van der Waals surface area (Å²) < 4.78 is 0. The second kappa shape index (κ2) is 33.2. The fourth-order valence-corrected chi connectivity index (χ4v) is 1.46. The van der Waals surface area contributed by atoms with Crippen molar-refractivity contribution >= 4 is 49.6 Å². The van der Waals surface area contributed by atoms with Crippen molar-refractivity contribution in [2.75, 3.05) is 52.4 Å². The lowest BCUT2D eigenvalue weighted by molar-refractivity contribution is 0.628. The van der Waals surface area contributed by atoms with Crippen LogP contribution in [-0.4, -0.2) is 52.4 Å². The normalized spacial score (nSPS) is 8.27. The SMILES string of the molecule is CCNCCCNCC#CCNCCCNCC.Cl.Cl.Cl.Cl. The lowest BCUT2D eigenvalue weighted by Gasteiger charge is -2.02. The van der Waals surface area contributed by atoms with Gasteiger partial charge in [-0.2, -0.15) is 0 Å². The average Bonchev–Trinajstić information content (AvgIpc) is 2.39. The first-order chi connectivity index (χ1) is 8.91. The van der Waals surface area contributed by atoms with Crippen LogP contribution in [-0.2, 0) is 0 Å². The summed E-state index contributed by atoms with van der Waals surface area (Å²) in [6.07, 6.45) is 2.33. The molecule has 0 aliphatic carbocycles. The van der Waals surface area contributed by atoms with Crippen LogP contribution in [0.1, 0.15) is 26.7 Å². The van der Waals surface area contributed by atoms with E-state index in [0.29, 0.717) is 0 Å². The second-order valence-electron chi connectivity index (χ2n) is 4.12. The minimum absolute atomic E-state index is 0. The number of hydrogen-bond donors (Lipinski definition) is 4. The van der Waals surface area contributed by atoms with Gasteiger partial charge in [0.25, 0.3) is 0 Å². The molecule has 0 amide bonds. The highest BCUT2D eigenvalue weighted by Crippen LogP contribution is 1.73. The Balaban J connectivity index is -0.000000241. The van der Waals surface area contributed by atoms with Gasteiger partial charge in [0.2, 0.25) is 0 Å². The maximum absolute atomic E-state index is 3.31. The Kier molecular flexibility index (Phi) is 51.4. The van der Waals surface area contributed by atoms with Crippen molar-refractivity contribution in [2.24, 2.45) is 0 Å². The molecule has 0 aromatic rings. The molecule has 0 aliphatic heterocycles. The molecule has 0 unspecified atom stereocenters. The van der Waals surface area contributed by atoms with E-state index >= 15 is 0 Å². The largest absolute Gasteiger partial charge is 0.317 e. The van der Waals surface area contributed by atoms with E-state index in [0.717, 1.165) is 65.2 Å². The van der Waals surface area contributed by atoms with E-state index < -0.39 is 0 Å². The summed E-state index contributed by atoms with van der Waals surface area (Å²) >= 11 is 0. The summed E-state index contributed by atoms with van der Waals surface area (Å²) in [5.41, 5.74) is 0. The fourth-order valence-electron chi connectivity index (χ4n) is 1.46. The van der Waals surface area contributed by atoms with Crippen LogP contribution in [0.25, 0.3) is 0 Å². The van der Waals surface area contributed by atoms with Gasteiger partial charge in [0.15, 0.2) is 0 Å². The van der Waals surface area contributed by atoms with Crippen molar-refractivity contribution in [1.29, 1.82) is 0 Å². The van der Waals surface area contributed by atoms with Crippen LogP contribution in [0.4, 0.5) is 0 Å². The van der Waals surface area contributed by atoms with E-state index in [4.69, 9.17) is 0 Å². The van der Waals surface area contributed by atoms with Gasteiger partial charge >= 0.3 is 0 Å². The van der Waals surface area contributed by atoms with Crippen LogP contribution in [0.15, 0.2) is 0 Å². The zero-order valence-corrected chi connectivity index (χ0v) is 17.0. The third kappa shape index (κ3) is 32.5. The Labute approximate surface area is 161 Å². The standard InChI is InChI=1S/C14H30N4.4ClH/c1-3-15-11-7-13-17-9-5-6-10-18-14-8-12-16-4-2;;;;/h15-18H,3-4,7-14H2,1-2H3;4*1H. The zero-order valence-electron chi connectivity index (χ0n) is 13.7. The fraction of sp³-hybridized carbons (Fsp3) is 0.857. The molecule has 0 spiro atoms. The Morgan fingerprint density at radius 2 is 0.864 bits per heavy atom. The minimum Gasteiger partial charge on any atom is -0.317 e. The van der Waals surface area contributed by atoms with Crippen molar-refractivity contribution in [1.82, 2.24) is 21.3 Å². The first-order valence-electron chi connectivity index (χ1n) is 7.20. The van der Waals surface area contributed by atoms with Crippen LogP contribution in [0.5, 0.6) is 0 Å². The molecule has 0 saturated heterocycles. The summed E-state index contributed by atoms with van der Waals surface area (Å²) in [5, 5.41) is 13.2. The van der Waals surface area contributed by atoms with Crippen molar-refractivity contribution in [3.8, 4) is 11.8 Å². The Morgan fingerprint density at radius 1 is 0.545 bits per heavy atom. The number of nitrogens with one attached hydrogen (secondary N) is 4. The van der Waals surface area contributed by atoms with Crippen molar-refractivity contribution < 1.29 is 0 Å². The van der Waals surface area contributed by atoms with Crippen LogP contribution in [0.3, 0.4) is 0 Å². The number of halogens is 4. The van der Waals surface area contributed by atoms with E-state index in [9.17, 15) is 0 Å². The topological polar surface area (TPSA) is 48.1 Å².